The zero-order valence-corrected chi connectivity index (χ0v) is 11.1. The quantitative estimate of drug-likeness (QED) is 0.614. The van der Waals surface area contributed by atoms with Crippen molar-refractivity contribution >= 4 is 17.4 Å². The third-order valence-electron chi connectivity index (χ3n) is 2.95. The number of hydrogen-bond donors (Lipinski definition) is 2. The molecule has 1 aliphatic heterocycles. The monoisotopic (exact) mass is 280 g/mol. The van der Waals surface area contributed by atoms with Crippen molar-refractivity contribution in [2.75, 3.05) is 25.1 Å². The first-order valence-electron chi connectivity index (χ1n) is 6.38. The van der Waals surface area contributed by atoms with Crippen LogP contribution in [0, 0.1) is 10.1 Å². The van der Waals surface area contributed by atoms with E-state index in [1.54, 1.807) is 0 Å². The molecule has 1 unspecified atom stereocenters. The molecule has 2 rings (SSSR count). The Morgan fingerprint density at radius 3 is 3.05 bits per heavy atom. The minimum Gasteiger partial charge on any atom is -0.379 e. The standard InChI is InChI=1S/C12H16N4O4/c1-2-13-11-5-9(10(6-14-11)16(18)19)12(17)15-8-3-4-20-7-8/h5-6,8H,2-4,7H2,1H3,(H,13,14)(H,15,17). The van der Waals surface area contributed by atoms with Gasteiger partial charge in [0, 0.05) is 19.2 Å². The second-order valence-corrected chi connectivity index (χ2v) is 4.41. The van der Waals surface area contributed by atoms with Crippen molar-refractivity contribution in [1.82, 2.24) is 10.3 Å². The topological polar surface area (TPSA) is 106 Å². The predicted octanol–water partition coefficient (Wildman–Crippen LogP) is 0.940. The first-order valence-corrected chi connectivity index (χ1v) is 6.38. The average Bonchev–Trinajstić information content (AvgIpc) is 2.91. The second kappa shape index (κ2) is 6.29. The Morgan fingerprint density at radius 2 is 2.45 bits per heavy atom. The van der Waals surface area contributed by atoms with Crippen molar-refractivity contribution in [1.29, 1.82) is 0 Å². The third kappa shape index (κ3) is 3.21. The van der Waals surface area contributed by atoms with Crippen LogP contribution in [-0.2, 0) is 4.74 Å². The highest BCUT2D eigenvalue weighted by atomic mass is 16.6. The van der Waals surface area contributed by atoms with Crippen LogP contribution >= 0.6 is 0 Å². The number of rotatable bonds is 5. The van der Waals surface area contributed by atoms with Gasteiger partial charge in [-0.15, -0.1) is 0 Å². The molecule has 2 heterocycles. The summed E-state index contributed by atoms with van der Waals surface area (Å²) in [5.41, 5.74) is -0.295. The first kappa shape index (κ1) is 14.2. The van der Waals surface area contributed by atoms with Gasteiger partial charge in [-0.1, -0.05) is 0 Å². The highest BCUT2D eigenvalue weighted by molar-refractivity contribution is 5.98. The van der Waals surface area contributed by atoms with E-state index in [-0.39, 0.29) is 17.3 Å². The van der Waals surface area contributed by atoms with E-state index in [2.05, 4.69) is 15.6 Å². The molecule has 1 amide bonds. The normalized spacial score (nSPS) is 17.8. The average molecular weight is 280 g/mol. The molecule has 1 aromatic heterocycles. The SMILES string of the molecule is CCNc1cc(C(=O)NC2CCOC2)c([N+](=O)[O-])cn1. The Bertz CT molecular complexity index is 514. The van der Waals surface area contributed by atoms with Crippen molar-refractivity contribution in [3.8, 4) is 0 Å². The molecular formula is C12H16N4O4. The van der Waals surface area contributed by atoms with Crippen LogP contribution in [0.5, 0.6) is 0 Å². The molecule has 0 saturated carbocycles. The summed E-state index contributed by atoms with van der Waals surface area (Å²) >= 11 is 0. The van der Waals surface area contributed by atoms with Gasteiger partial charge in [0.1, 0.15) is 17.6 Å². The highest BCUT2D eigenvalue weighted by Crippen LogP contribution is 2.20. The van der Waals surface area contributed by atoms with Crippen molar-refractivity contribution < 1.29 is 14.5 Å². The summed E-state index contributed by atoms with van der Waals surface area (Å²) in [5, 5.41) is 16.6. The molecule has 1 aliphatic rings. The number of hydrogen-bond acceptors (Lipinski definition) is 6. The number of nitrogens with one attached hydrogen (secondary N) is 2. The number of aromatic nitrogens is 1. The van der Waals surface area contributed by atoms with Crippen LogP contribution in [0.25, 0.3) is 0 Å². The van der Waals surface area contributed by atoms with Crippen LogP contribution in [0.15, 0.2) is 12.3 Å². The molecule has 0 spiro atoms. The number of nitrogens with zero attached hydrogens (tertiary/aromatic N) is 2. The van der Waals surface area contributed by atoms with Gasteiger partial charge in [0.2, 0.25) is 0 Å². The zero-order valence-electron chi connectivity index (χ0n) is 11.1. The summed E-state index contributed by atoms with van der Waals surface area (Å²) in [6.45, 7) is 3.51. The molecule has 108 valence electrons. The summed E-state index contributed by atoms with van der Waals surface area (Å²) in [7, 11) is 0. The van der Waals surface area contributed by atoms with E-state index in [4.69, 9.17) is 4.74 Å². The molecule has 2 N–H and O–H groups in total. The maximum Gasteiger partial charge on any atom is 0.300 e. The van der Waals surface area contributed by atoms with Gasteiger partial charge in [0.05, 0.1) is 17.6 Å². The van der Waals surface area contributed by atoms with Gasteiger partial charge in [0.25, 0.3) is 11.6 Å². The van der Waals surface area contributed by atoms with Crippen LogP contribution in [0.3, 0.4) is 0 Å². The number of pyridine rings is 1. The molecule has 0 aliphatic carbocycles. The van der Waals surface area contributed by atoms with E-state index in [1.807, 2.05) is 6.92 Å². The molecule has 1 fully saturated rings. The number of carbonyl (C=O) groups is 1. The van der Waals surface area contributed by atoms with E-state index in [1.165, 1.54) is 6.07 Å². The lowest BCUT2D eigenvalue weighted by Crippen LogP contribution is -2.35. The van der Waals surface area contributed by atoms with E-state index >= 15 is 0 Å². The summed E-state index contributed by atoms with van der Waals surface area (Å²) in [5.74, 6) is -0.0420. The van der Waals surface area contributed by atoms with E-state index in [0.29, 0.717) is 32.0 Å². The van der Waals surface area contributed by atoms with Crippen LogP contribution < -0.4 is 10.6 Å². The van der Waals surface area contributed by atoms with Crippen LogP contribution in [0.1, 0.15) is 23.7 Å². The number of anilines is 1. The van der Waals surface area contributed by atoms with Gasteiger partial charge in [-0.3, -0.25) is 14.9 Å². The molecule has 0 aromatic carbocycles. The molecular weight excluding hydrogens is 264 g/mol. The van der Waals surface area contributed by atoms with E-state index < -0.39 is 10.8 Å². The van der Waals surface area contributed by atoms with Gasteiger partial charge < -0.3 is 15.4 Å². The fraction of sp³-hybridized carbons (Fsp3) is 0.500. The second-order valence-electron chi connectivity index (χ2n) is 4.41. The maximum absolute atomic E-state index is 12.2. The summed E-state index contributed by atoms with van der Waals surface area (Å²) in [6, 6.07) is 1.30. The van der Waals surface area contributed by atoms with Crippen molar-refractivity contribution in [2.24, 2.45) is 0 Å². The molecule has 0 bridgehead atoms. The predicted molar refractivity (Wildman–Crippen MR) is 71.7 cm³/mol. The van der Waals surface area contributed by atoms with Crippen molar-refractivity contribution in [3.05, 3.63) is 27.9 Å². The highest BCUT2D eigenvalue weighted by Gasteiger charge is 2.25. The summed E-state index contributed by atoms with van der Waals surface area (Å²) in [4.78, 5) is 26.4. The van der Waals surface area contributed by atoms with Gasteiger partial charge in [0.15, 0.2) is 0 Å². The van der Waals surface area contributed by atoms with Crippen LogP contribution in [-0.4, -0.2) is 41.6 Å². The molecule has 8 heteroatoms. The largest absolute Gasteiger partial charge is 0.379 e. The molecule has 1 saturated heterocycles. The van der Waals surface area contributed by atoms with E-state index in [0.717, 1.165) is 6.20 Å². The van der Waals surface area contributed by atoms with E-state index in [9.17, 15) is 14.9 Å². The van der Waals surface area contributed by atoms with Crippen LogP contribution in [0.2, 0.25) is 0 Å². The molecule has 1 aromatic rings. The van der Waals surface area contributed by atoms with Gasteiger partial charge in [-0.2, -0.15) is 0 Å². The minimum absolute atomic E-state index is 0.00727. The zero-order chi connectivity index (χ0) is 14.5. The lowest BCUT2D eigenvalue weighted by Gasteiger charge is -2.11. The Balaban J connectivity index is 2.23. The minimum atomic E-state index is -0.608. The fourth-order valence-electron chi connectivity index (χ4n) is 1.96. The molecule has 1 atom stereocenters. The smallest absolute Gasteiger partial charge is 0.300 e. The van der Waals surface area contributed by atoms with Crippen LogP contribution in [0.4, 0.5) is 11.5 Å². The van der Waals surface area contributed by atoms with Crippen molar-refractivity contribution in [2.45, 2.75) is 19.4 Å². The van der Waals surface area contributed by atoms with Gasteiger partial charge in [-0.25, -0.2) is 4.98 Å². The summed E-state index contributed by atoms with van der Waals surface area (Å²) in [6.07, 6.45) is 1.81. The first-order chi connectivity index (χ1) is 9.61. The molecule has 20 heavy (non-hydrogen) atoms. The fourth-order valence-corrected chi connectivity index (χ4v) is 1.96. The Morgan fingerprint density at radius 1 is 1.65 bits per heavy atom. The number of ether oxygens (including phenoxy) is 1. The number of amides is 1. The molecule has 8 nitrogen and oxygen atoms in total. The number of nitro groups is 1. The lowest BCUT2D eigenvalue weighted by molar-refractivity contribution is -0.385. The summed E-state index contributed by atoms with van der Waals surface area (Å²) < 4.78 is 5.16. The lowest BCUT2D eigenvalue weighted by atomic mass is 10.1. The molecule has 0 radical (unpaired) electrons. The van der Waals surface area contributed by atoms with Gasteiger partial charge in [-0.05, 0) is 13.3 Å². The van der Waals surface area contributed by atoms with Gasteiger partial charge >= 0.3 is 0 Å². The van der Waals surface area contributed by atoms with Crippen molar-refractivity contribution in [3.63, 3.8) is 0 Å². The number of carbonyl (C=O) groups excluding carboxylic acids is 1. The maximum atomic E-state index is 12.2. The Hall–Kier alpha value is -2.22. The Kier molecular flexibility index (Phi) is 4.46. The third-order valence-corrected chi connectivity index (χ3v) is 2.95. The Labute approximate surface area is 115 Å².